The van der Waals surface area contributed by atoms with Gasteiger partial charge in [-0.05, 0) is 41.5 Å². The zero-order chi connectivity index (χ0) is 18.5. The Morgan fingerprint density at radius 3 is 2.58 bits per heavy atom. The summed E-state index contributed by atoms with van der Waals surface area (Å²) in [6.07, 6.45) is 3.21. The lowest BCUT2D eigenvalue weighted by molar-refractivity contribution is 0.0949. The van der Waals surface area contributed by atoms with E-state index >= 15 is 0 Å². The lowest BCUT2D eigenvalue weighted by atomic mass is 10.2. The van der Waals surface area contributed by atoms with E-state index in [1.165, 1.54) is 6.21 Å². The van der Waals surface area contributed by atoms with Crippen molar-refractivity contribution in [3.05, 3.63) is 86.6 Å². The summed E-state index contributed by atoms with van der Waals surface area (Å²) in [5.41, 5.74) is 4.44. The highest BCUT2D eigenvalue weighted by Crippen LogP contribution is 2.21. The number of benzene rings is 2. The standard InChI is InChI=1S/C18H13Cl3N4O/c19-14-4-1-12(2-5-14)11-25-8-7-17(24-25)18(26)23-22-10-13-3-6-15(20)16(21)9-13/h1-10H,11H2,(H,23,26)/b22-10+. The smallest absolute Gasteiger partial charge is 0.268 e. The maximum absolute atomic E-state index is 12.1. The minimum atomic E-state index is -0.406. The van der Waals surface area contributed by atoms with E-state index in [4.69, 9.17) is 34.8 Å². The number of aromatic nitrogens is 2. The van der Waals surface area contributed by atoms with Gasteiger partial charge in [0.15, 0.2) is 5.69 Å². The fourth-order valence-electron chi connectivity index (χ4n) is 2.16. The van der Waals surface area contributed by atoms with Crippen LogP contribution in [0.2, 0.25) is 15.1 Å². The molecule has 0 aliphatic heterocycles. The number of halogens is 3. The lowest BCUT2D eigenvalue weighted by Crippen LogP contribution is -2.18. The summed E-state index contributed by atoms with van der Waals surface area (Å²) in [6, 6.07) is 14.1. The number of hydrogen-bond donors (Lipinski definition) is 1. The first-order valence-electron chi connectivity index (χ1n) is 7.57. The van der Waals surface area contributed by atoms with Crippen LogP contribution in [0.1, 0.15) is 21.6 Å². The highest BCUT2D eigenvalue weighted by molar-refractivity contribution is 6.42. The predicted molar refractivity (Wildman–Crippen MR) is 104 cm³/mol. The van der Waals surface area contributed by atoms with Gasteiger partial charge in [0, 0.05) is 11.2 Å². The Bertz CT molecular complexity index is 951. The molecule has 1 N–H and O–H groups in total. The summed E-state index contributed by atoms with van der Waals surface area (Å²) in [4.78, 5) is 12.1. The van der Waals surface area contributed by atoms with Gasteiger partial charge >= 0.3 is 0 Å². The fraction of sp³-hybridized carbons (Fsp3) is 0.0556. The highest BCUT2D eigenvalue weighted by atomic mass is 35.5. The Balaban J connectivity index is 1.59. The first-order chi connectivity index (χ1) is 12.5. The van der Waals surface area contributed by atoms with Crippen LogP contribution in [-0.4, -0.2) is 21.9 Å². The number of hydrazone groups is 1. The van der Waals surface area contributed by atoms with E-state index < -0.39 is 5.91 Å². The Morgan fingerprint density at radius 2 is 1.85 bits per heavy atom. The maximum Gasteiger partial charge on any atom is 0.291 e. The summed E-state index contributed by atoms with van der Waals surface area (Å²) in [5.74, 6) is -0.406. The van der Waals surface area contributed by atoms with Gasteiger partial charge in [-0.2, -0.15) is 10.2 Å². The molecule has 0 radical (unpaired) electrons. The Hall–Kier alpha value is -2.34. The third-order valence-corrected chi connectivity index (χ3v) is 4.45. The molecule has 5 nitrogen and oxygen atoms in total. The van der Waals surface area contributed by atoms with Crippen molar-refractivity contribution in [2.75, 3.05) is 0 Å². The molecular formula is C18H13Cl3N4O. The number of carbonyl (C=O) groups excluding carboxylic acids is 1. The molecule has 2 aromatic carbocycles. The van der Waals surface area contributed by atoms with Crippen molar-refractivity contribution < 1.29 is 4.79 Å². The SMILES string of the molecule is O=C(N/N=C/c1ccc(Cl)c(Cl)c1)c1ccn(Cc2ccc(Cl)cc2)n1. The second-order valence-corrected chi connectivity index (χ2v) is 6.65. The molecule has 1 heterocycles. The molecule has 0 saturated heterocycles. The Labute approximate surface area is 165 Å². The van der Waals surface area contributed by atoms with E-state index in [0.29, 0.717) is 27.2 Å². The molecule has 0 saturated carbocycles. The van der Waals surface area contributed by atoms with Crippen molar-refractivity contribution in [1.29, 1.82) is 0 Å². The van der Waals surface area contributed by atoms with Crippen LogP contribution in [0, 0.1) is 0 Å². The van der Waals surface area contributed by atoms with Crippen molar-refractivity contribution in [2.45, 2.75) is 6.54 Å². The average molecular weight is 408 g/mol. The zero-order valence-electron chi connectivity index (χ0n) is 13.4. The largest absolute Gasteiger partial charge is 0.291 e. The maximum atomic E-state index is 12.1. The van der Waals surface area contributed by atoms with Crippen LogP contribution in [0.3, 0.4) is 0 Å². The predicted octanol–water partition coefficient (Wildman–Crippen LogP) is 4.66. The van der Waals surface area contributed by atoms with Crippen LogP contribution in [0.25, 0.3) is 0 Å². The van der Waals surface area contributed by atoms with E-state index in [-0.39, 0.29) is 5.69 Å². The van der Waals surface area contributed by atoms with Crippen molar-refractivity contribution >= 4 is 46.9 Å². The van der Waals surface area contributed by atoms with Gasteiger partial charge in [-0.25, -0.2) is 5.43 Å². The number of carbonyl (C=O) groups is 1. The lowest BCUT2D eigenvalue weighted by Gasteiger charge is -2.02. The average Bonchev–Trinajstić information content (AvgIpc) is 3.09. The Morgan fingerprint density at radius 1 is 1.08 bits per heavy atom. The van der Waals surface area contributed by atoms with Crippen LogP contribution >= 0.6 is 34.8 Å². The van der Waals surface area contributed by atoms with Gasteiger partial charge in [0.1, 0.15) is 0 Å². The number of nitrogens with zero attached hydrogens (tertiary/aromatic N) is 3. The molecular weight excluding hydrogens is 395 g/mol. The zero-order valence-corrected chi connectivity index (χ0v) is 15.6. The summed E-state index contributed by atoms with van der Waals surface area (Å²) >= 11 is 17.6. The number of rotatable bonds is 5. The van der Waals surface area contributed by atoms with Crippen LogP contribution in [0.15, 0.2) is 59.8 Å². The number of hydrogen-bond acceptors (Lipinski definition) is 3. The molecule has 0 bridgehead atoms. The van der Waals surface area contributed by atoms with Crippen molar-refractivity contribution in [1.82, 2.24) is 15.2 Å². The normalized spacial score (nSPS) is 11.0. The molecule has 0 unspecified atom stereocenters. The highest BCUT2D eigenvalue weighted by Gasteiger charge is 2.08. The van der Waals surface area contributed by atoms with Crippen molar-refractivity contribution in [2.24, 2.45) is 5.10 Å². The number of nitrogens with one attached hydrogen (secondary N) is 1. The van der Waals surface area contributed by atoms with Gasteiger partial charge in [-0.15, -0.1) is 0 Å². The summed E-state index contributed by atoms with van der Waals surface area (Å²) in [6.45, 7) is 0.539. The minimum Gasteiger partial charge on any atom is -0.268 e. The molecule has 0 aliphatic rings. The second kappa shape index (κ2) is 8.36. The topological polar surface area (TPSA) is 59.3 Å². The first-order valence-corrected chi connectivity index (χ1v) is 8.71. The summed E-state index contributed by atoms with van der Waals surface area (Å²) in [5, 5.41) is 9.69. The third kappa shape index (κ3) is 4.85. The van der Waals surface area contributed by atoms with Gasteiger partial charge in [0.2, 0.25) is 0 Å². The molecule has 26 heavy (non-hydrogen) atoms. The first kappa shape index (κ1) is 18.5. The molecule has 8 heteroatoms. The van der Waals surface area contributed by atoms with Crippen molar-refractivity contribution in [3.63, 3.8) is 0 Å². The van der Waals surface area contributed by atoms with E-state index in [9.17, 15) is 4.79 Å². The Kier molecular flexibility index (Phi) is 5.93. The van der Waals surface area contributed by atoms with E-state index in [1.54, 1.807) is 35.1 Å². The third-order valence-electron chi connectivity index (χ3n) is 3.45. The second-order valence-electron chi connectivity index (χ2n) is 5.40. The molecule has 0 spiro atoms. The quantitative estimate of drug-likeness (QED) is 0.494. The van der Waals surface area contributed by atoms with Crippen LogP contribution in [-0.2, 0) is 6.54 Å². The van der Waals surface area contributed by atoms with Gasteiger partial charge in [-0.1, -0.05) is 53.0 Å². The minimum absolute atomic E-state index is 0.269. The summed E-state index contributed by atoms with van der Waals surface area (Å²) < 4.78 is 1.67. The van der Waals surface area contributed by atoms with Crippen LogP contribution < -0.4 is 5.43 Å². The molecule has 3 aromatic rings. The van der Waals surface area contributed by atoms with E-state index in [1.807, 2.05) is 24.3 Å². The molecule has 0 aliphatic carbocycles. The molecule has 1 aromatic heterocycles. The van der Waals surface area contributed by atoms with Crippen LogP contribution in [0.5, 0.6) is 0 Å². The van der Waals surface area contributed by atoms with E-state index in [2.05, 4.69) is 15.6 Å². The summed E-state index contributed by atoms with van der Waals surface area (Å²) in [7, 11) is 0. The molecule has 132 valence electrons. The molecule has 1 amide bonds. The van der Waals surface area contributed by atoms with Gasteiger partial charge in [0.25, 0.3) is 5.91 Å². The molecule has 0 fully saturated rings. The van der Waals surface area contributed by atoms with E-state index in [0.717, 1.165) is 5.56 Å². The molecule has 3 rings (SSSR count). The fourth-order valence-corrected chi connectivity index (χ4v) is 2.60. The van der Waals surface area contributed by atoms with Crippen molar-refractivity contribution in [3.8, 4) is 0 Å². The van der Waals surface area contributed by atoms with Gasteiger partial charge in [-0.3, -0.25) is 9.48 Å². The molecule has 0 atom stereocenters. The van der Waals surface area contributed by atoms with Crippen LogP contribution in [0.4, 0.5) is 0 Å². The number of amides is 1. The van der Waals surface area contributed by atoms with Gasteiger partial charge in [0.05, 0.1) is 22.8 Å². The monoisotopic (exact) mass is 406 g/mol. The van der Waals surface area contributed by atoms with Gasteiger partial charge < -0.3 is 0 Å².